The lowest BCUT2D eigenvalue weighted by atomic mass is 10.0. The number of ether oxygens (including phenoxy) is 1. The van der Waals surface area contributed by atoms with Gasteiger partial charge < -0.3 is 9.26 Å². The van der Waals surface area contributed by atoms with Crippen LogP contribution in [0.2, 0.25) is 0 Å². The van der Waals surface area contributed by atoms with Crippen molar-refractivity contribution in [3.8, 4) is 22.4 Å². The molecule has 0 radical (unpaired) electrons. The Hall–Kier alpha value is -3.53. The van der Waals surface area contributed by atoms with Gasteiger partial charge in [0.05, 0.1) is 24.6 Å². The van der Waals surface area contributed by atoms with Crippen LogP contribution >= 0.6 is 0 Å². The number of hydrogen-bond acceptors (Lipinski definition) is 7. The number of nitrogens with zero attached hydrogens (tertiary/aromatic N) is 3. The van der Waals surface area contributed by atoms with Crippen LogP contribution in [0.1, 0.15) is 16.8 Å². The second kappa shape index (κ2) is 10.4. The first-order valence-electron chi connectivity index (χ1n) is 11.1. The minimum absolute atomic E-state index is 0.00883. The summed E-state index contributed by atoms with van der Waals surface area (Å²) in [6, 6.07) is 18.7. The highest BCUT2D eigenvalue weighted by Crippen LogP contribution is 2.36. The van der Waals surface area contributed by atoms with E-state index in [9.17, 15) is 8.42 Å². The lowest BCUT2D eigenvalue weighted by Gasteiger charge is -2.23. The molecule has 2 aromatic heterocycles. The number of aryl methyl sites for hydroxylation is 2. The molecular weight excluding hydrogens is 466 g/mol. The van der Waals surface area contributed by atoms with Crippen LogP contribution in [-0.4, -0.2) is 38.9 Å². The zero-order valence-corrected chi connectivity index (χ0v) is 20.9. The van der Waals surface area contributed by atoms with Crippen LogP contribution in [-0.2, 0) is 19.6 Å². The molecule has 0 aliphatic heterocycles. The molecule has 0 N–H and O–H groups in total. The third-order valence-corrected chi connectivity index (χ3v) is 7.40. The number of sulfonamides is 1. The van der Waals surface area contributed by atoms with Crippen LogP contribution in [0.25, 0.3) is 22.4 Å². The molecule has 0 amide bonds. The normalized spacial score (nSPS) is 11.5. The maximum absolute atomic E-state index is 14.1. The SMILES string of the molecule is COCCON(c1onc(C)c1C)S(=O)(=O)c1c(C)cccc1-c1ccc(-c2ccccn2)cc1. The van der Waals surface area contributed by atoms with E-state index in [1.165, 1.54) is 7.11 Å². The van der Waals surface area contributed by atoms with E-state index in [4.69, 9.17) is 14.1 Å². The van der Waals surface area contributed by atoms with Gasteiger partial charge in [0.25, 0.3) is 15.9 Å². The van der Waals surface area contributed by atoms with Crippen LogP contribution < -0.4 is 4.47 Å². The lowest BCUT2D eigenvalue weighted by Crippen LogP contribution is -2.33. The Bertz CT molecular complexity index is 1400. The fourth-order valence-electron chi connectivity index (χ4n) is 3.67. The first-order valence-corrected chi connectivity index (χ1v) is 12.5. The van der Waals surface area contributed by atoms with Crippen LogP contribution in [0.4, 0.5) is 5.88 Å². The highest BCUT2D eigenvalue weighted by molar-refractivity contribution is 7.92. The predicted octanol–water partition coefficient (Wildman–Crippen LogP) is 5.10. The van der Waals surface area contributed by atoms with E-state index in [1.807, 2.05) is 48.5 Å². The molecule has 0 unspecified atom stereocenters. The van der Waals surface area contributed by atoms with Crippen LogP contribution in [0.3, 0.4) is 0 Å². The molecule has 0 bridgehead atoms. The highest BCUT2D eigenvalue weighted by atomic mass is 32.2. The summed E-state index contributed by atoms with van der Waals surface area (Å²) in [7, 11) is -2.69. The first-order chi connectivity index (χ1) is 16.8. The molecule has 182 valence electrons. The number of aromatic nitrogens is 2. The maximum Gasteiger partial charge on any atom is 0.290 e. The van der Waals surface area contributed by atoms with Gasteiger partial charge in [0.1, 0.15) is 4.90 Å². The molecule has 2 heterocycles. The molecule has 0 aliphatic rings. The Morgan fingerprint density at radius 1 is 0.914 bits per heavy atom. The summed E-state index contributed by atoms with van der Waals surface area (Å²) < 4.78 is 39.3. The topological polar surface area (TPSA) is 94.8 Å². The largest absolute Gasteiger partial charge is 0.382 e. The van der Waals surface area contributed by atoms with Gasteiger partial charge in [-0.3, -0.25) is 9.82 Å². The van der Waals surface area contributed by atoms with Crippen molar-refractivity contribution in [2.45, 2.75) is 25.7 Å². The predicted molar refractivity (Wildman–Crippen MR) is 133 cm³/mol. The van der Waals surface area contributed by atoms with Gasteiger partial charge >= 0.3 is 0 Å². The van der Waals surface area contributed by atoms with Crippen LogP contribution in [0.15, 0.2) is 76.3 Å². The monoisotopic (exact) mass is 493 g/mol. The van der Waals surface area contributed by atoms with E-state index in [0.29, 0.717) is 22.4 Å². The van der Waals surface area contributed by atoms with Crippen molar-refractivity contribution in [2.75, 3.05) is 24.8 Å². The zero-order valence-electron chi connectivity index (χ0n) is 20.1. The molecule has 2 aromatic carbocycles. The maximum atomic E-state index is 14.1. The van der Waals surface area contributed by atoms with Gasteiger partial charge in [0, 0.05) is 30.0 Å². The van der Waals surface area contributed by atoms with E-state index in [1.54, 1.807) is 39.1 Å². The fourth-order valence-corrected chi connectivity index (χ4v) is 5.38. The summed E-state index contributed by atoms with van der Waals surface area (Å²) >= 11 is 0. The third-order valence-electron chi connectivity index (χ3n) is 5.64. The molecule has 0 fully saturated rings. The average molecular weight is 494 g/mol. The molecule has 0 spiro atoms. The first kappa shape index (κ1) is 24.6. The van der Waals surface area contributed by atoms with Crippen molar-refractivity contribution in [1.82, 2.24) is 10.1 Å². The molecule has 9 heteroatoms. The van der Waals surface area contributed by atoms with E-state index in [0.717, 1.165) is 21.3 Å². The van der Waals surface area contributed by atoms with E-state index in [2.05, 4.69) is 10.1 Å². The molecular formula is C26H27N3O5S. The Morgan fingerprint density at radius 2 is 1.66 bits per heavy atom. The summed E-state index contributed by atoms with van der Waals surface area (Å²) in [5, 5.41) is 3.92. The summed E-state index contributed by atoms with van der Waals surface area (Å²) in [6.07, 6.45) is 1.74. The van der Waals surface area contributed by atoms with Gasteiger partial charge in [-0.25, -0.2) is 0 Å². The quantitative estimate of drug-likeness (QED) is 0.236. The number of benzene rings is 2. The molecule has 0 atom stereocenters. The van der Waals surface area contributed by atoms with Crippen molar-refractivity contribution >= 4 is 15.9 Å². The number of hydrogen-bond donors (Lipinski definition) is 0. The van der Waals surface area contributed by atoms with Crippen LogP contribution in [0, 0.1) is 20.8 Å². The van der Waals surface area contributed by atoms with Crippen molar-refractivity contribution in [1.29, 1.82) is 0 Å². The van der Waals surface area contributed by atoms with Gasteiger partial charge in [-0.2, -0.15) is 8.42 Å². The Labute approximate surface area is 205 Å². The fraction of sp³-hybridized carbons (Fsp3) is 0.231. The van der Waals surface area contributed by atoms with Crippen molar-refractivity contribution in [3.05, 3.63) is 83.7 Å². The summed E-state index contributed by atoms with van der Waals surface area (Å²) in [5.41, 5.74) is 4.78. The number of methoxy groups -OCH3 is 1. The van der Waals surface area contributed by atoms with Gasteiger partial charge in [0.15, 0.2) is 0 Å². The lowest BCUT2D eigenvalue weighted by molar-refractivity contribution is 0.0727. The van der Waals surface area contributed by atoms with E-state index >= 15 is 0 Å². The van der Waals surface area contributed by atoms with Crippen molar-refractivity contribution < 1.29 is 22.5 Å². The van der Waals surface area contributed by atoms with E-state index < -0.39 is 10.0 Å². The molecule has 0 saturated carbocycles. The molecule has 0 aliphatic carbocycles. The molecule has 35 heavy (non-hydrogen) atoms. The molecule has 0 saturated heterocycles. The molecule has 4 aromatic rings. The van der Waals surface area contributed by atoms with Crippen LogP contribution in [0.5, 0.6) is 0 Å². The van der Waals surface area contributed by atoms with Gasteiger partial charge in [-0.15, -0.1) is 4.47 Å². The Morgan fingerprint density at radius 3 is 2.29 bits per heavy atom. The van der Waals surface area contributed by atoms with Gasteiger partial charge in [-0.05, 0) is 44.0 Å². The molecule has 8 nitrogen and oxygen atoms in total. The smallest absolute Gasteiger partial charge is 0.290 e. The standard InChI is InChI=1S/C26H27N3O5S/c1-18-8-7-9-23(21-11-13-22(14-12-21)24-10-5-6-15-27-24)25(18)35(30,31)29(33-17-16-32-4)26-19(2)20(3)28-34-26/h5-15H,16-17H2,1-4H3. The minimum atomic E-state index is -4.21. The second-order valence-electron chi connectivity index (χ2n) is 8.00. The number of pyridine rings is 1. The molecule has 4 rings (SSSR count). The summed E-state index contributed by atoms with van der Waals surface area (Å²) in [5.74, 6) is 0.0123. The van der Waals surface area contributed by atoms with Gasteiger partial charge in [-0.1, -0.05) is 53.7 Å². The highest BCUT2D eigenvalue weighted by Gasteiger charge is 2.34. The second-order valence-corrected chi connectivity index (χ2v) is 9.69. The Balaban J connectivity index is 1.80. The number of rotatable bonds is 9. The van der Waals surface area contributed by atoms with Gasteiger partial charge in [0.2, 0.25) is 0 Å². The zero-order chi connectivity index (χ0) is 25.0. The summed E-state index contributed by atoms with van der Waals surface area (Å²) in [4.78, 5) is 10.2. The summed E-state index contributed by atoms with van der Waals surface area (Å²) in [6.45, 7) is 5.44. The van der Waals surface area contributed by atoms with E-state index in [-0.39, 0.29) is 24.0 Å². The Kier molecular flexibility index (Phi) is 7.30. The average Bonchev–Trinajstić information content (AvgIpc) is 3.19. The van der Waals surface area contributed by atoms with Crippen molar-refractivity contribution in [3.63, 3.8) is 0 Å². The van der Waals surface area contributed by atoms with Crippen molar-refractivity contribution in [2.24, 2.45) is 0 Å². The third kappa shape index (κ3) is 4.97. The minimum Gasteiger partial charge on any atom is -0.382 e. The number of anilines is 1.